The van der Waals surface area contributed by atoms with Gasteiger partial charge in [-0.05, 0) is 42.8 Å². The molecule has 3 aromatic rings. The van der Waals surface area contributed by atoms with Crippen LogP contribution in [0.4, 0.5) is 0 Å². The predicted octanol–water partition coefficient (Wildman–Crippen LogP) is 4.02. The Morgan fingerprint density at radius 2 is 2.06 bits per heavy atom. The van der Waals surface area contributed by atoms with Crippen molar-refractivity contribution in [2.24, 2.45) is 0 Å². The first-order chi connectivity index (χ1) is 15.1. The number of morpholine rings is 1. The normalized spacial score (nSPS) is 14.7. The molecule has 1 fully saturated rings. The monoisotopic (exact) mass is 441 g/mol. The lowest BCUT2D eigenvalue weighted by Gasteiger charge is -2.27. The van der Waals surface area contributed by atoms with Crippen LogP contribution in [-0.2, 0) is 9.53 Å². The first kappa shape index (κ1) is 21.2. The highest BCUT2D eigenvalue weighted by molar-refractivity contribution is 6.32. The number of ether oxygens (including phenoxy) is 3. The van der Waals surface area contributed by atoms with E-state index in [4.69, 9.17) is 25.8 Å². The van der Waals surface area contributed by atoms with E-state index in [1.807, 2.05) is 31.2 Å². The van der Waals surface area contributed by atoms with E-state index in [0.717, 1.165) is 11.0 Å². The number of fused-ring (bicyclic) bond motifs is 1. The smallest absolute Gasteiger partial charge is 0.257 e. The molecular weight excluding hydrogens is 418 g/mol. The lowest BCUT2D eigenvalue weighted by molar-refractivity contribution is -0.128. The number of rotatable bonds is 6. The second-order valence-corrected chi connectivity index (χ2v) is 7.44. The molecule has 1 aromatic heterocycles. The van der Waals surface area contributed by atoms with Crippen molar-refractivity contribution in [1.29, 1.82) is 0 Å². The summed E-state index contributed by atoms with van der Waals surface area (Å²) in [6.45, 7) is 4.44. The molecule has 0 spiro atoms. The number of imidazole rings is 1. The largest absolute Gasteiger partial charge is 0.493 e. The van der Waals surface area contributed by atoms with Crippen LogP contribution in [0.2, 0.25) is 5.02 Å². The highest BCUT2D eigenvalue weighted by Crippen LogP contribution is 2.37. The molecule has 0 atom stereocenters. The molecule has 2 aromatic carbocycles. The van der Waals surface area contributed by atoms with Gasteiger partial charge in [0.1, 0.15) is 5.82 Å². The molecule has 31 heavy (non-hydrogen) atoms. The number of aromatic nitrogens is 2. The fourth-order valence-corrected chi connectivity index (χ4v) is 3.80. The van der Waals surface area contributed by atoms with Crippen LogP contribution in [-0.4, -0.2) is 60.8 Å². The maximum absolute atomic E-state index is 13.4. The zero-order valence-corrected chi connectivity index (χ0v) is 18.2. The number of hydrogen-bond acceptors (Lipinski definition) is 5. The Bertz CT molecular complexity index is 1090. The summed E-state index contributed by atoms with van der Waals surface area (Å²) in [5.74, 6) is 1.37. The molecule has 162 valence electrons. The first-order valence-corrected chi connectivity index (χ1v) is 10.5. The summed E-state index contributed by atoms with van der Waals surface area (Å²) in [6, 6.07) is 11.2. The third-order valence-corrected chi connectivity index (χ3v) is 5.31. The predicted molar refractivity (Wildman–Crippen MR) is 121 cm³/mol. The van der Waals surface area contributed by atoms with Crippen molar-refractivity contribution < 1.29 is 19.0 Å². The summed E-state index contributed by atoms with van der Waals surface area (Å²) in [7, 11) is 1.56. The van der Waals surface area contributed by atoms with Gasteiger partial charge in [0.05, 0.1) is 48.6 Å². The molecule has 0 saturated carbocycles. The van der Waals surface area contributed by atoms with Crippen molar-refractivity contribution in [3.05, 3.63) is 52.8 Å². The van der Waals surface area contributed by atoms with Crippen LogP contribution in [0.3, 0.4) is 0 Å². The lowest BCUT2D eigenvalue weighted by atomic mass is 10.1. The van der Waals surface area contributed by atoms with Crippen molar-refractivity contribution in [1.82, 2.24) is 14.9 Å². The van der Waals surface area contributed by atoms with Gasteiger partial charge in [0.15, 0.2) is 11.5 Å². The van der Waals surface area contributed by atoms with Gasteiger partial charge in [0.2, 0.25) is 0 Å². The number of aromatic amines is 1. The summed E-state index contributed by atoms with van der Waals surface area (Å²) < 4.78 is 16.5. The summed E-state index contributed by atoms with van der Waals surface area (Å²) in [5.41, 5.74) is 2.81. The van der Waals surface area contributed by atoms with Crippen LogP contribution >= 0.6 is 11.6 Å². The molecule has 0 radical (unpaired) electrons. The average molecular weight is 442 g/mol. The van der Waals surface area contributed by atoms with E-state index < -0.39 is 0 Å². The molecule has 1 aliphatic rings. The molecular formula is C23H24ClN3O4. The minimum atomic E-state index is -0.119. The van der Waals surface area contributed by atoms with Gasteiger partial charge < -0.3 is 24.1 Å². The zero-order valence-electron chi connectivity index (χ0n) is 17.5. The Morgan fingerprint density at radius 1 is 1.29 bits per heavy atom. The van der Waals surface area contributed by atoms with Crippen molar-refractivity contribution in [3.63, 3.8) is 0 Å². The number of methoxy groups -OCH3 is 1. The maximum atomic E-state index is 13.4. The minimum absolute atomic E-state index is 0.119. The van der Waals surface area contributed by atoms with Crippen molar-refractivity contribution >= 4 is 40.2 Å². The molecule has 1 saturated heterocycles. The third-order valence-electron chi connectivity index (χ3n) is 5.02. The highest BCUT2D eigenvalue weighted by Gasteiger charge is 2.24. The van der Waals surface area contributed by atoms with Crippen LogP contribution < -0.4 is 9.47 Å². The van der Waals surface area contributed by atoms with Crippen LogP contribution in [0.5, 0.6) is 11.5 Å². The number of para-hydroxylation sites is 2. The number of hydrogen-bond donors (Lipinski definition) is 1. The van der Waals surface area contributed by atoms with E-state index in [-0.39, 0.29) is 5.91 Å². The molecule has 1 N–H and O–H groups in total. The van der Waals surface area contributed by atoms with E-state index >= 15 is 0 Å². The second kappa shape index (κ2) is 9.41. The lowest BCUT2D eigenvalue weighted by Crippen LogP contribution is -2.41. The van der Waals surface area contributed by atoms with Crippen LogP contribution in [0.15, 0.2) is 36.4 Å². The molecule has 0 unspecified atom stereocenters. The number of H-pyrrole nitrogens is 1. The van der Waals surface area contributed by atoms with E-state index in [0.29, 0.717) is 66.4 Å². The number of carbonyl (C=O) groups is 1. The number of nitrogens with one attached hydrogen (secondary N) is 1. The van der Waals surface area contributed by atoms with Gasteiger partial charge in [-0.2, -0.15) is 0 Å². The Morgan fingerprint density at radius 3 is 2.77 bits per heavy atom. The van der Waals surface area contributed by atoms with Crippen molar-refractivity contribution in [2.45, 2.75) is 6.92 Å². The van der Waals surface area contributed by atoms with Crippen LogP contribution in [0.25, 0.3) is 22.7 Å². The Balaban J connectivity index is 1.81. The maximum Gasteiger partial charge on any atom is 0.257 e. The molecule has 7 nitrogen and oxygen atoms in total. The first-order valence-electron chi connectivity index (χ1n) is 10.1. The van der Waals surface area contributed by atoms with Gasteiger partial charge >= 0.3 is 0 Å². The van der Waals surface area contributed by atoms with Gasteiger partial charge in [-0.1, -0.05) is 23.7 Å². The average Bonchev–Trinajstić information content (AvgIpc) is 3.23. The van der Waals surface area contributed by atoms with Crippen molar-refractivity contribution in [2.75, 3.05) is 40.0 Å². The van der Waals surface area contributed by atoms with E-state index in [2.05, 4.69) is 9.97 Å². The third kappa shape index (κ3) is 4.52. The summed E-state index contributed by atoms with van der Waals surface area (Å²) in [6.07, 6.45) is 1.78. The van der Waals surface area contributed by atoms with Gasteiger partial charge in [-0.3, -0.25) is 4.79 Å². The number of carbonyl (C=O) groups excluding carboxylic acids is 1. The van der Waals surface area contributed by atoms with Gasteiger partial charge in [-0.25, -0.2) is 4.98 Å². The molecule has 8 heteroatoms. The topological polar surface area (TPSA) is 76.7 Å². The fourth-order valence-electron chi connectivity index (χ4n) is 3.52. The van der Waals surface area contributed by atoms with E-state index in [1.165, 1.54) is 0 Å². The summed E-state index contributed by atoms with van der Waals surface area (Å²) >= 11 is 6.44. The molecule has 0 bridgehead atoms. The Kier molecular flexibility index (Phi) is 6.44. The number of nitrogens with zero attached hydrogens (tertiary/aromatic N) is 2. The quantitative estimate of drug-likeness (QED) is 0.584. The molecule has 1 aliphatic heterocycles. The number of halogens is 1. The molecule has 0 aliphatic carbocycles. The summed E-state index contributed by atoms with van der Waals surface area (Å²) in [4.78, 5) is 23.1. The second-order valence-electron chi connectivity index (χ2n) is 7.03. The Hall–Kier alpha value is -3.03. The molecule has 2 heterocycles. The van der Waals surface area contributed by atoms with Crippen LogP contribution in [0.1, 0.15) is 18.3 Å². The fraction of sp³-hybridized carbons (Fsp3) is 0.304. The molecule has 4 rings (SSSR count). The van der Waals surface area contributed by atoms with Crippen molar-refractivity contribution in [3.8, 4) is 11.5 Å². The zero-order chi connectivity index (χ0) is 21.8. The van der Waals surface area contributed by atoms with Gasteiger partial charge in [-0.15, -0.1) is 0 Å². The van der Waals surface area contributed by atoms with Gasteiger partial charge in [0, 0.05) is 13.1 Å². The minimum Gasteiger partial charge on any atom is -0.493 e. The number of benzene rings is 2. The van der Waals surface area contributed by atoms with E-state index in [1.54, 1.807) is 30.2 Å². The molecule has 1 amide bonds. The number of amides is 1. The highest BCUT2D eigenvalue weighted by atomic mass is 35.5. The van der Waals surface area contributed by atoms with Gasteiger partial charge in [0.25, 0.3) is 5.91 Å². The van der Waals surface area contributed by atoms with Crippen LogP contribution in [0, 0.1) is 0 Å². The SMILES string of the molecule is CCOc1c(Cl)cc(/C=C(\C(=O)N2CCOCC2)c2nc3ccccc3[nH]2)cc1OC. The summed E-state index contributed by atoms with van der Waals surface area (Å²) in [5, 5.41) is 0.412. The standard InChI is InChI=1S/C23H24ClN3O4/c1-3-31-21-17(24)13-15(14-20(21)29-2)12-16(23(28)27-8-10-30-11-9-27)22-25-18-6-4-5-7-19(18)26-22/h4-7,12-14H,3,8-11H2,1-2H3,(H,25,26)/b16-12-. The Labute approximate surface area is 185 Å². The van der Waals surface area contributed by atoms with E-state index in [9.17, 15) is 4.79 Å².